The molecule has 0 aliphatic carbocycles. The number of rotatable bonds is 3. The average molecular weight is 336 g/mol. The van der Waals surface area contributed by atoms with Gasteiger partial charge in [-0.2, -0.15) is 0 Å². The molecule has 0 bridgehead atoms. The Labute approximate surface area is 143 Å². The van der Waals surface area contributed by atoms with E-state index >= 15 is 0 Å². The Hall–Kier alpha value is -3.67. The number of phenolic OH excluding ortho intramolecular Hbond substituents is 2. The lowest BCUT2D eigenvalue weighted by Crippen LogP contribution is -2.09. The van der Waals surface area contributed by atoms with E-state index in [1.807, 2.05) is 0 Å². The van der Waals surface area contributed by atoms with Gasteiger partial charge >= 0.3 is 5.97 Å². The summed E-state index contributed by atoms with van der Waals surface area (Å²) in [6.45, 7) is 0. The van der Waals surface area contributed by atoms with Crippen LogP contribution < -0.4 is 16.2 Å². The van der Waals surface area contributed by atoms with E-state index in [0.29, 0.717) is 16.8 Å². The van der Waals surface area contributed by atoms with Gasteiger partial charge in [0.05, 0.1) is 11.3 Å². The van der Waals surface area contributed by atoms with Crippen LogP contribution in [0.5, 0.6) is 17.2 Å². The summed E-state index contributed by atoms with van der Waals surface area (Å²) in [5.74, 6) is -0.385. The smallest absolute Gasteiger partial charge is 0.343 e. The first-order valence-electron chi connectivity index (χ1n) is 7.44. The fourth-order valence-electron chi connectivity index (χ4n) is 2.40. The van der Waals surface area contributed by atoms with Crippen LogP contribution in [0, 0.1) is 0 Å². The number of carbonyl (C=O) groups excluding carboxylic acids is 1. The molecule has 0 aliphatic heterocycles. The third kappa shape index (κ3) is 3.32. The normalized spacial score (nSPS) is 10.4. The zero-order valence-corrected chi connectivity index (χ0v) is 13.1. The van der Waals surface area contributed by atoms with Crippen molar-refractivity contribution in [3.05, 3.63) is 66.2 Å². The molecule has 25 heavy (non-hydrogen) atoms. The first-order chi connectivity index (χ1) is 12.0. The molecule has 3 rings (SSSR count). The molecule has 6 heteroatoms. The predicted molar refractivity (Wildman–Crippen MR) is 95.4 cm³/mol. The van der Waals surface area contributed by atoms with Crippen molar-refractivity contribution in [2.75, 3.05) is 11.5 Å². The van der Waals surface area contributed by atoms with Crippen molar-refractivity contribution in [1.29, 1.82) is 0 Å². The molecule has 0 unspecified atom stereocenters. The van der Waals surface area contributed by atoms with Crippen LogP contribution in [0.2, 0.25) is 0 Å². The van der Waals surface area contributed by atoms with Gasteiger partial charge in [0.2, 0.25) is 0 Å². The van der Waals surface area contributed by atoms with Crippen LogP contribution in [0.4, 0.5) is 11.4 Å². The van der Waals surface area contributed by atoms with Crippen LogP contribution in [0.3, 0.4) is 0 Å². The van der Waals surface area contributed by atoms with Crippen LogP contribution in [0.1, 0.15) is 10.4 Å². The molecule has 0 spiro atoms. The highest BCUT2D eigenvalue weighted by atomic mass is 16.5. The molecular formula is C19H16N2O4. The van der Waals surface area contributed by atoms with Gasteiger partial charge in [-0.25, -0.2) is 4.79 Å². The minimum Gasteiger partial charge on any atom is -0.507 e. The van der Waals surface area contributed by atoms with Gasteiger partial charge in [-0.05, 0) is 30.3 Å². The Morgan fingerprint density at radius 3 is 2.24 bits per heavy atom. The molecule has 0 atom stereocenters. The lowest BCUT2D eigenvalue weighted by atomic mass is 10.0. The molecule has 0 heterocycles. The second kappa shape index (κ2) is 6.45. The van der Waals surface area contributed by atoms with Crippen LogP contribution in [0.25, 0.3) is 11.1 Å². The topological polar surface area (TPSA) is 119 Å². The Kier molecular flexibility index (Phi) is 4.18. The highest BCUT2D eigenvalue weighted by Gasteiger charge is 2.13. The van der Waals surface area contributed by atoms with Crippen LogP contribution in [-0.2, 0) is 0 Å². The van der Waals surface area contributed by atoms with Crippen molar-refractivity contribution in [2.45, 2.75) is 0 Å². The summed E-state index contributed by atoms with van der Waals surface area (Å²) in [4.78, 5) is 12.2. The highest BCUT2D eigenvalue weighted by Crippen LogP contribution is 2.33. The summed E-state index contributed by atoms with van der Waals surface area (Å²) < 4.78 is 5.23. The van der Waals surface area contributed by atoms with Gasteiger partial charge in [0.25, 0.3) is 0 Å². The molecule has 0 saturated heterocycles. The number of para-hydroxylation sites is 1. The second-order valence-corrected chi connectivity index (χ2v) is 5.43. The van der Waals surface area contributed by atoms with E-state index in [1.54, 1.807) is 36.4 Å². The van der Waals surface area contributed by atoms with Crippen molar-refractivity contribution in [1.82, 2.24) is 0 Å². The lowest BCUT2D eigenvalue weighted by molar-refractivity contribution is 0.0735. The van der Waals surface area contributed by atoms with E-state index in [4.69, 9.17) is 16.2 Å². The van der Waals surface area contributed by atoms with Crippen molar-refractivity contribution in [2.24, 2.45) is 0 Å². The molecule has 3 aromatic carbocycles. The van der Waals surface area contributed by atoms with Gasteiger partial charge in [-0.15, -0.1) is 0 Å². The maximum Gasteiger partial charge on any atom is 0.343 e. The minimum atomic E-state index is -0.611. The minimum absolute atomic E-state index is 0.0870. The number of ether oxygens (including phenoxy) is 1. The summed E-state index contributed by atoms with van der Waals surface area (Å²) in [5.41, 5.74) is 13.5. The molecule has 126 valence electrons. The lowest BCUT2D eigenvalue weighted by Gasteiger charge is -2.10. The van der Waals surface area contributed by atoms with Gasteiger partial charge in [0.1, 0.15) is 17.2 Å². The fourth-order valence-corrected chi connectivity index (χ4v) is 2.40. The number of phenols is 2. The fraction of sp³-hybridized carbons (Fsp3) is 0. The van der Waals surface area contributed by atoms with E-state index < -0.39 is 5.97 Å². The number of nitrogen functional groups attached to an aromatic ring is 2. The standard InChI is InChI=1S/C19H16N2O4/c20-15-9-11(5-7-13(15)14-3-1-2-4-17(14)22)19(24)25-12-6-8-18(23)16(21)10-12/h1-10,22-23H,20-21H2. The molecule has 3 aromatic rings. The molecular weight excluding hydrogens is 320 g/mol. The summed E-state index contributed by atoms with van der Waals surface area (Å²) in [5, 5.41) is 19.3. The van der Waals surface area contributed by atoms with E-state index in [9.17, 15) is 15.0 Å². The molecule has 0 radical (unpaired) electrons. The summed E-state index contributed by atoms with van der Waals surface area (Å²) >= 11 is 0. The van der Waals surface area contributed by atoms with Crippen LogP contribution in [0.15, 0.2) is 60.7 Å². The first kappa shape index (κ1) is 16.2. The SMILES string of the molecule is Nc1cc(OC(=O)c2ccc(-c3ccccc3O)c(N)c2)ccc1O. The van der Waals surface area contributed by atoms with E-state index in [0.717, 1.165) is 0 Å². The first-order valence-corrected chi connectivity index (χ1v) is 7.44. The van der Waals surface area contributed by atoms with E-state index in [-0.39, 0.29) is 28.5 Å². The van der Waals surface area contributed by atoms with Gasteiger partial charge in [-0.3, -0.25) is 0 Å². The molecule has 0 amide bonds. The summed E-state index contributed by atoms with van der Waals surface area (Å²) in [7, 11) is 0. The molecule has 0 aliphatic rings. The summed E-state index contributed by atoms with van der Waals surface area (Å²) in [6.07, 6.45) is 0. The molecule has 6 N–H and O–H groups in total. The maximum atomic E-state index is 12.2. The van der Waals surface area contributed by atoms with Crippen molar-refractivity contribution in [3.63, 3.8) is 0 Å². The van der Waals surface area contributed by atoms with Crippen molar-refractivity contribution in [3.8, 4) is 28.4 Å². The molecule has 0 aromatic heterocycles. The summed E-state index contributed by atoms with van der Waals surface area (Å²) in [6, 6.07) is 15.6. The van der Waals surface area contributed by atoms with E-state index in [2.05, 4.69) is 0 Å². The van der Waals surface area contributed by atoms with E-state index in [1.165, 1.54) is 24.3 Å². The number of aromatic hydroxyl groups is 2. The van der Waals surface area contributed by atoms with Crippen molar-refractivity contribution >= 4 is 17.3 Å². The zero-order valence-electron chi connectivity index (χ0n) is 13.1. The number of esters is 1. The molecule has 6 nitrogen and oxygen atoms in total. The third-order valence-electron chi connectivity index (χ3n) is 3.69. The number of hydrogen-bond acceptors (Lipinski definition) is 6. The Balaban J connectivity index is 1.86. The van der Waals surface area contributed by atoms with Crippen molar-refractivity contribution < 1.29 is 19.7 Å². The molecule has 0 saturated carbocycles. The number of carbonyl (C=O) groups is 1. The Morgan fingerprint density at radius 2 is 1.56 bits per heavy atom. The number of nitrogens with two attached hydrogens (primary N) is 2. The number of anilines is 2. The number of hydrogen-bond donors (Lipinski definition) is 4. The van der Waals surface area contributed by atoms with Crippen LogP contribution >= 0.6 is 0 Å². The second-order valence-electron chi connectivity index (χ2n) is 5.43. The third-order valence-corrected chi connectivity index (χ3v) is 3.69. The maximum absolute atomic E-state index is 12.2. The average Bonchev–Trinajstić information content (AvgIpc) is 2.59. The predicted octanol–water partition coefficient (Wildman–Crippen LogP) is 3.15. The highest BCUT2D eigenvalue weighted by molar-refractivity contribution is 5.94. The molecule has 0 fully saturated rings. The monoisotopic (exact) mass is 336 g/mol. The quantitative estimate of drug-likeness (QED) is 0.252. The Bertz CT molecular complexity index is 954. The van der Waals surface area contributed by atoms with Gasteiger partial charge in [0, 0.05) is 22.9 Å². The van der Waals surface area contributed by atoms with Crippen LogP contribution in [-0.4, -0.2) is 16.2 Å². The number of benzene rings is 3. The van der Waals surface area contributed by atoms with Gasteiger partial charge in [-0.1, -0.05) is 24.3 Å². The zero-order chi connectivity index (χ0) is 18.0. The van der Waals surface area contributed by atoms with Gasteiger partial charge in [0.15, 0.2) is 0 Å². The van der Waals surface area contributed by atoms with Gasteiger partial charge < -0.3 is 26.4 Å². The Morgan fingerprint density at radius 1 is 0.800 bits per heavy atom. The largest absolute Gasteiger partial charge is 0.507 e.